The smallest absolute Gasteiger partial charge is 0.359 e. The van der Waals surface area contributed by atoms with Crippen molar-refractivity contribution in [1.29, 1.82) is 0 Å². The number of nitrogens with zero attached hydrogens (tertiary/aromatic N) is 2. The second-order valence-electron chi connectivity index (χ2n) is 7.73. The maximum atomic E-state index is 13.5. The van der Waals surface area contributed by atoms with Crippen molar-refractivity contribution in [3.05, 3.63) is 65.4 Å². The lowest BCUT2D eigenvalue weighted by Gasteiger charge is -2.34. The van der Waals surface area contributed by atoms with Gasteiger partial charge in [-0.2, -0.15) is 13.2 Å². The number of anilines is 1. The number of rotatable bonds is 3. The van der Waals surface area contributed by atoms with E-state index in [1.165, 1.54) is 23.2 Å². The molecule has 1 saturated heterocycles. The minimum atomic E-state index is -4.39. The zero-order valence-corrected chi connectivity index (χ0v) is 17.2. The van der Waals surface area contributed by atoms with Crippen LogP contribution in [0.1, 0.15) is 11.1 Å². The first-order chi connectivity index (χ1) is 15.6. The van der Waals surface area contributed by atoms with Crippen molar-refractivity contribution in [2.75, 3.05) is 31.5 Å². The number of aromatic nitrogens is 1. The number of H-pyrrole nitrogens is 1. The summed E-state index contributed by atoms with van der Waals surface area (Å²) in [5.41, 5.74) is 0.427. The van der Waals surface area contributed by atoms with E-state index in [0.29, 0.717) is 25.2 Å². The summed E-state index contributed by atoms with van der Waals surface area (Å²) in [5, 5.41) is 2.65. The molecule has 1 aromatic heterocycles. The lowest BCUT2D eigenvalue weighted by molar-refractivity contribution is -0.144. The number of carbonyl (C=O) groups excluding carboxylic acids is 2. The highest BCUT2D eigenvalue weighted by Crippen LogP contribution is 2.29. The van der Waals surface area contributed by atoms with E-state index in [1.807, 2.05) is 4.90 Å². The fraction of sp³-hybridized carbons (Fsp3) is 0.273. The zero-order chi connectivity index (χ0) is 23.8. The Bertz CT molecular complexity index is 1180. The van der Waals surface area contributed by atoms with Gasteiger partial charge in [0, 0.05) is 50.4 Å². The summed E-state index contributed by atoms with van der Waals surface area (Å²) < 4.78 is 64.9. The average molecular weight is 466 g/mol. The van der Waals surface area contributed by atoms with Gasteiger partial charge in [-0.1, -0.05) is 12.1 Å². The Hall–Kier alpha value is -3.47. The third kappa shape index (κ3) is 4.98. The van der Waals surface area contributed by atoms with Crippen LogP contribution in [0.3, 0.4) is 0 Å². The number of benzene rings is 2. The van der Waals surface area contributed by atoms with Crippen molar-refractivity contribution in [1.82, 2.24) is 14.8 Å². The number of halogens is 5. The highest BCUT2D eigenvalue weighted by atomic mass is 19.4. The molecule has 1 fully saturated rings. The molecule has 0 aliphatic carbocycles. The quantitative estimate of drug-likeness (QED) is 0.457. The van der Waals surface area contributed by atoms with Crippen LogP contribution in [0.15, 0.2) is 42.6 Å². The predicted molar refractivity (Wildman–Crippen MR) is 110 cm³/mol. The molecule has 3 aromatic rings. The van der Waals surface area contributed by atoms with Gasteiger partial charge in [-0.25, -0.2) is 8.78 Å². The molecule has 6 nitrogen and oxygen atoms in total. The molecule has 174 valence electrons. The standard InChI is InChI=1S/C22H19F5N4O2/c23-16-9-15-18(10-17(16)24)28-11-19(15)29-20(32)21(33)31-7-5-30(6-8-31)12-13-1-3-14(4-2-13)22(25,26)27/h1-4,9-11,28H,5-8,12H2,(H,29,32). The Morgan fingerprint density at radius 2 is 1.61 bits per heavy atom. The van der Waals surface area contributed by atoms with Crippen LogP contribution in [-0.2, 0) is 22.3 Å². The molecule has 4 rings (SSSR count). The largest absolute Gasteiger partial charge is 0.416 e. The number of carbonyl (C=O) groups is 2. The van der Waals surface area contributed by atoms with Crippen LogP contribution >= 0.6 is 0 Å². The third-order valence-corrected chi connectivity index (χ3v) is 5.51. The van der Waals surface area contributed by atoms with Crippen molar-refractivity contribution in [3.63, 3.8) is 0 Å². The van der Waals surface area contributed by atoms with E-state index < -0.39 is 35.2 Å². The minimum absolute atomic E-state index is 0.156. The molecule has 33 heavy (non-hydrogen) atoms. The van der Waals surface area contributed by atoms with Gasteiger partial charge in [0.1, 0.15) is 0 Å². The van der Waals surface area contributed by atoms with E-state index in [2.05, 4.69) is 10.3 Å². The topological polar surface area (TPSA) is 68.4 Å². The van der Waals surface area contributed by atoms with E-state index in [4.69, 9.17) is 0 Å². The van der Waals surface area contributed by atoms with Gasteiger partial charge in [0.25, 0.3) is 0 Å². The molecular formula is C22H19F5N4O2. The van der Waals surface area contributed by atoms with Crippen molar-refractivity contribution >= 4 is 28.4 Å². The Balaban J connectivity index is 1.32. The molecule has 1 aliphatic heterocycles. The number of aromatic amines is 1. The number of amides is 2. The second-order valence-corrected chi connectivity index (χ2v) is 7.73. The van der Waals surface area contributed by atoms with Gasteiger partial charge in [-0.15, -0.1) is 0 Å². The Morgan fingerprint density at radius 3 is 2.24 bits per heavy atom. The van der Waals surface area contributed by atoms with Crippen LogP contribution in [0, 0.1) is 11.6 Å². The maximum absolute atomic E-state index is 13.5. The predicted octanol–water partition coefficient (Wildman–Crippen LogP) is 3.75. The molecule has 0 radical (unpaired) electrons. The van der Waals surface area contributed by atoms with Gasteiger partial charge in [-0.3, -0.25) is 14.5 Å². The number of nitrogens with one attached hydrogen (secondary N) is 2. The average Bonchev–Trinajstić information content (AvgIpc) is 3.15. The summed E-state index contributed by atoms with van der Waals surface area (Å²) in [6, 6.07) is 6.79. The first-order valence-electron chi connectivity index (χ1n) is 10.1. The SMILES string of the molecule is O=C(Nc1c[nH]c2cc(F)c(F)cc12)C(=O)N1CCN(Cc2ccc(C(F)(F)F)cc2)CC1. The summed E-state index contributed by atoms with van der Waals surface area (Å²) in [4.78, 5) is 31.0. The summed E-state index contributed by atoms with van der Waals surface area (Å²) in [6.07, 6.45) is -3.04. The van der Waals surface area contributed by atoms with E-state index in [0.717, 1.165) is 24.3 Å². The second kappa shape index (κ2) is 8.81. The van der Waals surface area contributed by atoms with Crippen LogP contribution < -0.4 is 5.32 Å². The molecule has 0 bridgehead atoms. The number of hydrogen-bond acceptors (Lipinski definition) is 3. The Morgan fingerprint density at radius 1 is 0.970 bits per heavy atom. The fourth-order valence-electron chi connectivity index (χ4n) is 3.71. The van der Waals surface area contributed by atoms with E-state index in [-0.39, 0.29) is 29.7 Å². The number of alkyl halides is 3. The highest BCUT2D eigenvalue weighted by Gasteiger charge is 2.30. The van der Waals surface area contributed by atoms with Crippen molar-refractivity contribution < 1.29 is 31.5 Å². The van der Waals surface area contributed by atoms with E-state index in [9.17, 15) is 31.5 Å². The van der Waals surface area contributed by atoms with Crippen molar-refractivity contribution in [2.24, 2.45) is 0 Å². The summed E-state index contributed by atoms with van der Waals surface area (Å²) in [6.45, 7) is 1.83. The molecule has 1 aliphatic rings. The van der Waals surface area contributed by atoms with Gasteiger partial charge < -0.3 is 15.2 Å². The summed E-state index contributed by atoms with van der Waals surface area (Å²) in [7, 11) is 0. The van der Waals surface area contributed by atoms with Gasteiger partial charge in [0.15, 0.2) is 11.6 Å². The van der Waals surface area contributed by atoms with Crippen LogP contribution in [0.25, 0.3) is 10.9 Å². The normalized spacial score (nSPS) is 15.1. The van der Waals surface area contributed by atoms with Crippen LogP contribution in [0.4, 0.5) is 27.6 Å². The third-order valence-electron chi connectivity index (χ3n) is 5.51. The van der Waals surface area contributed by atoms with E-state index >= 15 is 0 Å². The van der Waals surface area contributed by atoms with Crippen LogP contribution in [0.2, 0.25) is 0 Å². The monoisotopic (exact) mass is 466 g/mol. The minimum Gasteiger partial charge on any atom is -0.359 e. The summed E-state index contributed by atoms with van der Waals surface area (Å²) >= 11 is 0. The van der Waals surface area contributed by atoms with Crippen molar-refractivity contribution in [3.8, 4) is 0 Å². The highest BCUT2D eigenvalue weighted by molar-refractivity contribution is 6.40. The lowest BCUT2D eigenvalue weighted by atomic mass is 10.1. The molecule has 0 unspecified atom stereocenters. The van der Waals surface area contributed by atoms with Gasteiger partial charge in [-0.05, 0) is 23.8 Å². The maximum Gasteiger partial charge on any atom is 0.416 e. The summed E-state index contributed by atoms with van der Waals surface area (Å²) in [5.74, 6) is -3.78. The number of piperazine rings is 1. The number of hydrogen-bond donors (Lipinski definition) is 2. The first kappa shape index (κ1) is 22.7. The van der Waals surface area contributed by atoms with Gasteiger partial charge in [0.2, 0.25) is 0 Å². The molecule has 2 heterocycles. The molecule has 0 atom stereocenters. The first-order valence-corrected chi connectivity index (χ1v) is 10.1. The Kier molecular flexibility index (Phi) is 6.07. The number of fused-ring (bicyclic) bond motifs is 1. The van der Waals surface area contributed by atoms with Gasteiger partial charge >= 0.3 is 18.0 Å². The molecule has 2 aromatic carbocycles. The molecule has 0 saturated carbocycles. The Labute approximate surface area is 185 Å². The van der Waals surface area contributed by atoms with Crippen LogP contribution in [-0.4, -0.2) is 52.8 Å². The molecular weight excluding hydrogens is 447 g/mol. The molecule has 11 heteroatoms. The molecule has 0 spiro atoms. The van der Waals surface area contributed by atoms with Crippen molar-refractivity contribution in [2.45, 2.75) is 12.7 Å². The van der Waals surface area contributed by atoms with E-state index in [1.54, 1.807) is 0 Å². The fourth-order valence-corrected chi connectivity index (χ4v) is 3.71. The zero-order valence-electron chi connectivity index (χ0n) is 17.2. The molecule has 2 N–H and O–H groups in total. The lowest BCUT2D eigenvalue weighted by Crippen LogP contribution is -2.51. The van der Waals surface area contributed by atoms with Gasteiger partial charge in [0.05, 0.1) is 16.8 Å². The van der Waals surface area contributed by atoms with Crippen LogP contribution in [0.5, 0.6) is 0 Å². The molecule has 2 amide bonds.